The van der Waals surface area contributed by atoms with Gasteiger partial charge >= 0.3 is 0 Å². The minimum Gasteiger partial charge on any atom is -0.351 e. The van der Waals surface area contributed by atoms with Crippen molar-refractivity contribution in [3.63, 3.8) is 0 Å². The lowest BCUT2D eigenvalue weighted by atomic mass is 9.87. The van der Waals surface area contributed by atoms with Crippen molar-refractivity contribution in [1.29, 1.82) is 0 Å². The Morgan fingerprint density at radius 1 is 1.50 bits per heavy atom. The normalized spacial score (nSPS) is 18.0. The van der Waals surface area contributed by atoms with Crippen LogP contribution in [-0.4, -0.2) is 24.5 Å². The predicted octanol–water partition coefficient (Wildman–Crippen LogP) is 0.540. The Bertz CT molecular complexity index is 794. The molecule has 0 aliphatic heterocycles. The number of H-pyrrole nitrogens is 1. The van der Waals surface area contributed by atoms with Crippen molar-refractivity contribution >= 4 is 27.3 Å². The highest BCUT2D eigenvalue weighted by Crippen LogP contribution is 2.24. The fourth-order valence-electron chi connectivity index (χ4n) is 2.56. The van der Waals surface area contributed by atoms with E-state index in [4.69, 9.17) is 5.14 Å². The van der Waals surface area contributed by atoms with Crippen molar-refractivity contribution in [2.45, 2.75) is 30.0 Å². The monoisotopic (exact) mass is 340 g/mol. The zero-order valence-electron chi connectivity index (χ0n) is 11.7. The van der Waals surface area contributed by atoms with Crippen LogP contribution in [0.2, 0.25) is 0 Å². The molecule has 3 rings (SSSR count). The Hall–Kier alpha value is -1.71. The summed E-state index contributed by atoms with van der Waals surface area (Å²) >= 11 is 1.08. The van der Waals surface area contributed by atoms with Crippen LogP contribution in [-0.2, 0) is 34.2 Å². The molecule has 1 atom stereocenters. The first-order valence-corrected chi connectivity index (χ1v) is 9.20. The molecule has 1 aliphatic carbocycles. The van der Waals surface area contributed by atoms with E-state index in [9.17, 15) is 13.2 Å². The lowest BCUT2D eigenvalue weighted by Gasteiger charge is -2.20. The van der Waals surface area contributed by atoms with Gasteiger partial charge in [-0.15, -0.1) is 11.3 Å². The fraction of sp³-hybridized carbons (Fsp3) is 0.385. The molecule has 0 saturated carbocycles. The van der Waals surface area contributed by atoms with Crippen LogP contribution in [0.4, 0.5) is 0 Å². The van der Waals surface area contributed by atoms with E-state index in [1.54, 1.807) is 12.3 Å². The van der Waals surface area contributed by atoms with Crippen LogP contribution in [0.25, 0.3) is 0 Å². The summed E-state index contributed by atoms with van der Waals surface area (Å²) in [5.74, 6) is -0.0832. The van der Waals surface area contributed by atoms with Crippen LogP contribution in [0, 0.1) is 5.92 Å². The van der Waals surface area contributed by atoms with E-state index < -0.39 is 10.0 Å². The minimum absolute atomic E-state index is 0.0163. The Morgan fingerprint density at radius 3 is 3.05 bits per heavy atom. The van der Waals surface area contributed by atoms with Gasteiger partial charge in [0.05, 0.1) is 12.7 Å². The van der Waals surface area contributed by atoms with E-state index in [1.165, 1.54) is 6.07 Å². The summed E-state index contributed by atoms with van der Waals surface area (Å²) < 4.78 is 22.5. The van der Waals surface area contributed by atoms with E-state index in [2.05, 4.69) is 15.5 Å². The molecule has 1 amide bonds. The maximum atomic E-state index is 12.2. The van der Waals surface area contributed by atoms with Gasteiger partial charge < -0.3 is 5.32 Å². The Labute approximate surface area is 132 Å². The molecule has 2 aromatic rings. The molecule has 2 heterocycles. The van der Waals surface area contributed by atoms with Gasteiger partial charge in [0.1, 0.15) is 4.21 Å². The zero-order valence-corrected chi connectivity index (χ0v) is 13.3. The lowest BCUT2D eigenvalue weighted by Crippen LogP contribution is -2.33. The number of fused-ring (bicyclic) bond motifs is 1. The van der Waals surface area contributed by atoms with Crippen LogP contribution < -0.4 is 10.5 Å². The summed E-state index contributed by atoms with van der Waals surface area (Å²) in [5.41, 5.74) is 2.21. The number of carbonyl (C=O) groups is 1. The maximum absolute atomic E-state index is 12.2. The highest BCUT2D eigenvalue weighted by molar-refractivity contribution is 7.91. The molecule has 0 unspecified atom stereocenters. The van der Waals surface area contributed by atoms with Gasteiger partial charge in [0.25, 0.3) is 0 Å². The average molecular weight is 340 g/mol. The number of amides is 1. The van der Waals surface area contributed by atoms with E-state index >= 15 is 0 Å². The zero-order chi connectivity index (χ0) is 15.7. The second kappa shape index (κ2) is 5.82. The molecule has 9 heteroatoms. The molecule has 2 aromatic heterocycles. The molecular weight excluding hydrogens is 324 g/mol. The average Bonchev–Trinajstić information content (AvgIpc) is 3.12. The van der Waals surface area contributed by atoms with Gasteiger partial charge in [-0.3, -0.25) is 9.89 Å². The molecule has 22 heavy (non-hydrogen) atoms. The number of aromatic amines is 1. The number of nitrogens with zero attached hydrogens (tertiary/aromatic N) is 1. The number of nitrogens with one attached hydrogen (secondary N) is 2. The van der Waals surface area contributed by atoms with E-state index in [0.29, 0.717) is 13.0 Å². The second-order valence-electron chi connectivity index (χ2n) is 5.30. The fourth-order valence-corrected chi connectivity index (χ4v) is 4.28. The Balaban J connectivity index is 1.58. The quantitative estimate of drug-likeness (QED) is 0.753. The summed E-state index contributed by atoms with van der Waals surface area (Å²) in [6, 6.07) is 3.12. The first-order chi connectivity index (χ1) is 10.4. The molecule has 4 N–H and O–H groups in total. The molecule has 7 nitrogen and oxygen atoms in total. The molecule has 1 aliphatic rings. The number of hydrogen-bond acceptors (Lipinski definition) is 5. The number of hydrogen-bond donors (Lipinski definition) is 3. The Kier molecular flexibility index (Phi) is 4.02. The highest BCUT2D eigenvalue weighted by atomic mass is 32.2. The van der Waals surface area contributed by atoms with Gasteiger partial charge in [0.15, 0.2) is 0 Å². The molecule has 0 spiro atoms. The topological polar surface area (TPSA) is 118 Å². The van der Waals surface area contributed by atoms with Gasteiger partial charge in [0, 0.05) is 16.5 Å². The number of carbonyl (C=O) groups excluding carboxylic acids is 1. The van der Waals surface area contributed by atoms with Crippen LogP contribution in [0.1, 0.15) is 22.6 Å². The lowest BCUT2D eigenvalue weighted by molar-refractivity contribution is -0.125. The van der Waals surface area contributed by atoms with Gasteiger partial charge in [-0.1, -0.05) is 0 Å². The van der Waals surface area contributed by atoms with Gasteiger partial charge in [-0.25, -0.2) is 13.6 Å². The number of aryl methyl sites for hydroxylation is 1. The standard InChI is InChI=1S/C13H16N4O3S2/c14-22(19,20)12-4-2-10(21-12)7-15-13(18)8-1-3-11-9(5-8)6-16-17-11/h2,4,6,8H,1,3,5,7H2,(H,15,18)(H,16,17)(H2,14,19,20)/t8-/m1/s1. The summed E-state index contributed by atoms with van der Waals surface area (Å²) in [6.07, 6.45) is 4.06. The smallest absolute Gasteiger partial charge is 0.247 e. The summed E-state index contributed by atoms with van der Waals surface area (Å²) in [7, 11) is -3.67. The number of thiophene rings is 1. The van der Waals surface area contributed by atoms with Crippen LogP contribution in [0.3, 0.4) is 0 Å². The molecule has 0 radical (unpaired) electrons. The number of rotatable bonds is 4. The largest absolute Gasteiger partial charge is 0.351 e. The molecular formula is C13H16N4O3S2. The number of aromatic nitrogens is 2. The van der Waals surface area contributed by atoms with E-state index in [0.717, 1.165) is 40.3 Å². The van der Waals surface area contributed by atoms with Gasteiger partial charge in [-0.05, 0) is 37.0 Å². The van der Waals surface area contributed by atoms with Crippen molar-refractivity contribution in [3.05, 3.63) is 34.5 Å². The first kappa shape index (κ1) is 15.2. The predicted molar refractivity (Wildman–Crippen MR) is 81.6 cm³/mol. The van der Waals surface area contributed by atoms with Crippen molar-refractivity contribution in [3.8, 4) is 0 Å². The SMILES string of the molecule is NS(=O)(=O)c1ccc(CNC(=O)[C@@H]2CCc3[nH]ncc3C2)s1. The summed E-state index contributed by atoms with van der Waals surface area (Å²) in [5, 5.41) is 14.9. The highest BCUT2D eigenvalue weighted by Gasteiger charge is 2.25. The molecule has 0 fully saturated rings. The number of primary sulfonamides is 1. The molecule has 118 valence electrons. The minimum atomic E-state index is -3.67. The maximum Gasteiger partial charge on any atom is 0.247 e. The molecule has 0 bridgehead atoms. The van der Waals surface area contributed by atoms with E-state index in [-0.39, 0.29) is 16.0 Å². The van der Waals surface area contributed by atoms with Crippen molar-refractivity contribution in [2.24, 2.45) is 11.1 Å². The third kappa shape index (κ3) is 3.21. The van der Waals surface area contributed by atoms with E-state index in [1.807, 2.05) is 0 Å². The molecule has 0 saturated heterocycles. The van der Waals surface area contributed by atoms with Gasteiger partial charge in [0.2, 0.25) is 15.9 Å². The van der Waals surface area contributed by atoms with Crippen LogP contribution in [0.5, 0.6) is 0 Å². The number of sulfonamides is 1. The van der Waals surface area contributed by atoms with Crippen molar-refractivity contribution in [2.75, 3.05) is 0 Å². The Morgan fingerprint density at radius 2 is 2.32 bits per heavy atom. The van der Waals surface area contributed by atoms with Gasteiger partial charge in [-0.2, -0.15) is 5.10 Å². The number of nitrogens with two attached hydrogens (primary N) is 1. The van der Waals surface area contributed by atoms with Crippen LogP contribution >= 0.6 is 11.3 Å². The van der Waals surface area contributed by atoms with Crippen LogP contribution in [0.15, 0.2) is 22.5 Å². The van der Waals surface area contributed by atoms with Crippen molar-refractivity contribution < 1.29 is 13.2 Å². The summed E-state index contributed by atoms with van der Waals surface area (Å²) in [4.78, 5) is 13.0. The first-order valence-electron chi connectivity index (χ1n) is 6.84. The van der Waals surface area contributed by atoms with Crippen molar-refractivity contribution in [1.82, 2.24) is 15.5 Å². The molecule has 0 aromatic carbocycles. The second-order valence-corrected chi connectivity index (χ2v) is 8.25. The summed E-state index contributed by atoms with van der Waals surface area (Å²) in [6.45, 7) is 0.313. The third-order valence-electron chi connectivity index (χ3n) is 3.74. The third-order valence-corrected chi connectivity index (χ3v) is 6.27.